The van der Waals surface area contributed by atoms with E-state index in [1.807, 2.05) is 30.7 Å². The molecule has 3 rings (SSSR count). The number of anilines is 1. The number of piperidine rings is 1. The Labute approximate surface area is 153 Å². The van der Waals surface area contributed by atoms with Gasteiger partial charge in [0.1, 0.15) is 11.6 Å². The lowest BCUT2D eigenvalue weighted by atomic mass is 9.75. The number of hydrogen-bond acceptors (Lipinski definition) is 6. The topological polar surface area (TPSA) is 58.5 Å². The van der Waals surface area contributed by atoms with E-state index in [1.54, 1.807) is 18.9 Å². The predicted octanol–water partition coefficient (Wildman–Crippen LogP) is 3.03. The van der Waals surface area contributed by atoms with Gasteiger partial charge in [-0.3, -0.25) is 0 Å². The fourth-order valence-corrected chi connectivity index (χ4v) is 3.91. The first-order valence-electron chi connectivity index (χ1n) is 8.54. The third-order valence-corrected chi connectivity index (χ3v) is 5.40. The third-order valence-electron chi connectivity index (χ3n) is 4.84. The summed E-state index contributed by atoms with van der Waals surface area (Å²) in [4.78, 5) is 11.2. The van der Waals surface area contributed by atoms with Gasteiger partial charge in [-0.2, -0.15) is 0 Å². The highest BCUT2D eigenvalue weighted by Crippen LogP contribution is 2.35. The van der Waals surface area contributed by atoms with Gasteiger partial charge < -0.3 is 14.7 Å². The fourth-order valence-electron chi connectivity index (χ4n) is 3.55. The van der Waals surface area contributed by atoms with Gasteiger partial charge in [0.05, 0.1) is 13.7 Å². The molecule has 1 fully saturated rings. The van der Waals surface area contributed by atoms with Crippen molar-refractivity contribution in [2.45, 2.75) is 24.4 Å². The van der Waals surface area contributed by atoms with Gasteiger partial charge in [-0.15, -0.1) is 0 Å². The van der Waals surface area contributed by atoms with Gasteiger partial charge in [0, 0.05) is 24.7 Å². The Morgan fingerprint density at radius 2 is 2.24 bits per heavy atom. The van der Waals surface area contributed by atoms with Gasteiger partial charge in [-0.05, 0) is 49.3 Å². The molecule has 134 valence electrons. The minimum absolute atomic E-state index is 0.158. The van der Waals surface area contributed by atoms with Gasteiger partial charge in [-0.1, -0.05) is 23.9 Å². The van der Waals surface area contributed by atoms with Crippen LogP contribution in [0.15, 0.2) is 41.7 Å². The van der Waals surface area contributed by atoms with Crippen LogP contribution in [-0.2, 0) is 6.42 Å². The summed E-state index contributed by atoms with van der Waals surface area (Å²) in [5, 5.41) is 11.0. The lowest BCUT2D eigenvalue weighted by Crippen LogP contribution is -2.47. The molecule has 0 radical (unpaired) electrons. The van der Waals surface area contributed by atoms with E-state index in [1.165, 1.54) is 5.56 Å². The first-order valence-corrected chi connectivity index (χ1v) is 9.76. The number of hydrogen-bond donors (Lipinski definition) is 1. The Kier molecular flexibility index (Phi) is 5.81. The molecule has 1 N–H and O–H groups in total. The highest BCUT2D eigenvalue weighted by Gasteiger charge is 2.35. The van der Waals surface area contributed by atoms with E-state index < -0.39 is 0 Å². The fraction of sp³-hybridized carbons (Fsp3) is 0.474. The van der Waals surface area contributed by atoms with Crippen molar-refractivity contribution in [1.29, 1.82) is 0 Å². The van der Waals surface area contributed by atoms with Crippen molar-refractivity contribution in [3.63, 3.8) is 0 Å². The summed E-state index contributed by atoms with van der Waals surface area (Å²) in [5.41, 5.74) is 1.04. The Bertz CT molecular complexity index is 713. The summed E-state index contributed by atoms with van der Waals surface area (Å²) < 4.78 is 5.33. The lowest BCUT2D eigenvalue weighted by Gasteiger charge is -2.42. The number of ether oxygens (including phenoxy) is 1. The van der Waals surface area contributed by atoms with Gasteiger partial charge in [0.2, 0.25) is 0 Å². The van der Waals surface area contributed by atoms with Crippen molar-refractivity contribution >= 4 is 17.6 Å². The second kappa shape index (κ2) is 8.06. The van der Waals surface area contributed by atoms with Gasteiger partial charge >= 0.3 is 0 Å². The van der Waals surface area contributed by atoms with Gasteiger partial charge in [0.25, 0.3) is 0 Å². The van der Waals surface area contributed by atoms with Crippen molar-refractivity contribution in [2.24, 2.45) is 5.41 Å². The van der Waals surface area contributed by atoms with E-state index in [-0.39, 0.29) is 12.0 Å². The molecule has 0 spiro atoms. The standard InChI is InChI=1S/C19H25N3O2S/c1-24-16-6-3-5-15(11-16)12-19(14-23)8-4-10-22(13-19)17-7-9-20-18(21-17)25-2/h3,5-7,9,11,23H,4,8,10,12-14H2,1-2H3/t19-/m0/s1. The lowest BCUT2D eigenvalue weighted by molar-refractivity contribution is 0.105. The van der Waals surface area contributed by atoms with Crippen molar-refractivity contribution in [2.75, 3.05) is 38.0 Å². The summed E-state index contributed by atoms with van der Waals surface area (Å²) in [6.07, 6.45) is 6.68. The molecule has 0 saturated carbocycles. The molecule has 0 amide bonds. The Hall–Kier alpha value is -1.79. The van der Waals surface area contributed by atoms with E-state index in [0.717, 1.165) is 49.1 Å². The van der Waals surface area contributed by atoms with Crippen LogP contribution in [0.1, 0.15) is 18.4 Å². The number of aliphatic hydroxyl groups excluding tert-OH is 1. The maximum atomic E-state index is 10.2. The van der Waals surface area contributed by atoms with E-state index in [0.29, 0.717) is 0 Å². The Morgan fingerprint density at radius 3 is 3.00 bits per heavy atom. The molecule has 2 aromatic rings. The average Bonchev–Trinajstić information content (AvgIpc) is 2.68. The smallest absolute Gasteiger partial charge is 0.189 e. The number of methoxy groups -OCH3 is 1. The molecule has 1 aliphatic heterocycles. The van der Waals surface area contributed by atoms with Crippen LogP contribution in [0, 0.1) is 5.41 Å². The zero-order chi connectivity index (χ0) is 17.7. The van der Waals surface area contributed by atoms with E-state index >= 15 is 0 Å². The number of nitrogens with zero attached hydrogens (tertiary/aromatic N) is 3. The summed E-state index contributed by atoms with van der Waals surface area (Å²) in [6, 6.07) is 10.1. The number of rotatable bonds is 6. The quantitative estimate of drug-likeness (QED) is 0.632. The molecule has 0 aliphatic carbocycles. The highest BCUT2D eigenvalue weighted by molar-refractivity contribution is 7.98. The molecule has 1 aromatic heterocycles. The third kappa shape index (κ3) is 4.25. The largest absolute Gasteiger partial charge is 0.497 e. The normalized spacial score (nSPS) is 20.5. The second-order valence-corrected chi connectivity index (χ2v) is 7.39. The molecule has 1 aromatic carbocycles. The summed E-state index contributed by atoms with van der Waals surface area (Å²) >= 11 is 1.55. The molecule has 1 atom stereocenters. The Morgan fingerprint density at radius 1 is 1.36 bits per heavy atom. The summed E-state index contributed by atoms with van der Waals surface area (Å²) in [7, 11) is 1.68. The maximum Gasteiger partial charge on any atom is 0.189 e. The molecule has 1 saturated heterocycles. The zero-order valence-corrected chi connectivity index (χ0v) is 15.6. The van der Waals surface area contributed by atoms with Crippen molar-refractivity contribution < 1.29 is 9.84 Å². The van der Waals surface area contributed by atoms with Crippen LogP contribution in [0.3, 0.4) is 0 Å². The van der Waals surface area contributed by atoms with Crippen molar-refractivity contribution in [1.82, 2.24) is 9.97 Å². The molecule has 5 nitrogen and oxygen atoms in total. The average molecular weight is 359 g/mol. The van der Waals surface area contributed by atoms with Crippen LogP contribution in [0.4, 0.5) is 5.82 Å². The van der Waals surface area contributed by atoms with Crippen LogP contribution >= 0.6 is 11.8 Å². The van der Waals surface area contributed by atoms with E-state index in [9.17, 15) is 5.11 Å². The summed E-state index contributed by atoms with van der Waals surface area (Å²) in [5.74, 6) is 1.81. The Balaban J connectivity index is 1.80. The van der Waals surface area contributed by atoms with Gasteiger partial charge in [0.15, 0.2) is 5.16 Å². The van der Waals surface area contributed by atoms with E-state index in [4.69, 9.17) is 4.74 Å². The second-order valence-electron chi connectivity index (χ2n) is 6.61. The first kappa shape index (κ1) is 18.0. The SMILES string of the molecule is COc1cccc(C[C@@]2(CO)CCCN(c3ccnc(SC)n3)C2)c1. The van der Waals surface area contributed by atoms with E-state index in [2.05, 4.69) is 27.0 Å². The molecule has 0 bridgehead atoms. The highest BCUT2D eigenvalue weighted by atomic mass is 32.2. The number of thioether (sulfide) groups is 1. The minimum Gasteiger partial charge on any atom is -0.497 e. The number of aromatic nitrogens is 2. The van der Waals surface area contributed by atoms with Crippen LogP contribution in [0.25, 0.3) is 0 Å². The van der Waals surface area contributed by atoms with Crippen LogP contribution < -0.4 is 9.64 Å². The summed E-state index contributed by atoms with van der Waals surface area (Å²) in [6.45, 7) is 1.93. The number of benzene rings is 1. The molecule has 2 heterocycles. The first-order chi connectivity index (χ1) is 12.2. The zero-order valence-electron chi connectivity index (χ0n) is 14.8. The van der Waals surface area contributed by atoms with Crippen LogP contribution in [0.5, 0.6) is 5.75 Å². The van der Waals surface area contributed by atoms with Crippen LogP contribution in [0.2, 0.25) is 0 Å². The molecule has 1 aliphatic rings. The molecule has 25 heavy (non-hydrogen) atoms. The molecular weight excluding hydrogens is 334 g/mol. The van der Waals surface area contributed by atoms with Crippen molar-refractivity contribution in [3.8, 4) is 5.75 Å². The predicted molar refractivity (Wildman–Crippen MR) is 101 cm³/mol. The molecule has 0 unspecified atom stereocenters. The van der Waals surface area contributed by atoms with Crippen molar-refractivity contribution in [3.05, 3.63) is 42.1 Å². The molecular formula is C19H25N3O2S. The maximum absolute atomic E-state index is 10.2. The number of aliphatic hydroxyl groups is 1. The van der Waals surface area contributed by atoms with Gasteiger partial charge in [-0.25, -0.2) is 9.97 Å². The van der Waals surface area contributed by atoms with Crippen LogP contribution in [-0.4, -0.2) is 48.1 Å². The molecule has 6 heteroatoms. The minimum atomic E-state index is -0.158. The monoisotopic (exact) mass is 359 g/mol.